The standard InChI is InChI=1S/C27H28O5.C6H13NO2/c1-2-4-23(18-26(28)29)21-7-9-25(10-8-21)30-19-20-5-3-6-24(17-20)22-11-13-27(14-12-22)31-15-16-32-27;7-5-3-1-2-4-6(8)9/h3,5-11,17,23H,12-16,18-19H2,1H3,(H,28,29);1-5,7H2,(H,8,9). The van der Waals surface area contributed by atoms with Gasteiger partial charge >= 0.3 is 11.9 Å². The Labute approximate surface area is 242 Å². The molecule has 4 rings (SSSR count). The van der Waals surface area contributed by atoms with Crippen molar-refractivity contribution in [1.82, 2.24) is 0 Å². The van der Waals surface area contributed by atoms with Gasteiger partial charge in [0.25, 0.3) is 0 Å². The molecule has 0 aromatic heterocycles. The number of hydrogen-bond donors (Lipinski definition) is 3. The van der Waals surface area contributed by atoms with Crippen LogP contribution in [0.2, 0.25) is 0 Å². The molecule has 1 atom stereocenters. The Morgan fingerprint density at radius 1 is 1.05 bits per heavy atom. The number of hydrogen-bond acceptors (Lipinski definition) is 6. The van der Waals surface area contributed by atoms with Crippen molar-refractivity contribution in [1.29, 1.82) is 0 Å². The Hall–Kier alpha value is -3.64. The van der Waals surface area contributed by atoms with Gasteiger partial charge in [-0.05, 0) is 73.2 Å². The molecule has 8 nitrogen and oxygen atoms in total. The maximum atomic E-state index is 11.1. The first-order valence-electron chi connectivity index (χ1n) is 14.2. The third-order valence-corrected chi connectivity index (χ3v) is 7.03. The molecule has 1 heterocycles. The van der Waals surface area contributed by atoms with Crippen LogP contribution < -0.4 is 10.5 Å². The lowest BCUT2D eigenvalue weighted by Gasteiger charge is -2.30. The summed E-state index contributed by atoms with van der Waals surface area (Å²) >= 11 is 0. The Morgan fingerprint density at radius 3 is 2.41 bits per heavy atom. The molecule has 0 bridgehead atoms. The summed E-state index contributed by atoms with van der Waals surface area (Å²) in [6, 6.07) is 16.0. The Kier molecular flexibility index (Phi) is 12.9. The fourth-order valence-electron chi connectivity index (χ4n) is 4.85. The summed E-state index contributed by atoms with van der Waals surface area (Å²) in [6.07, 6.45) is 7.74. The van der Waals surface area contributed by atoms with Crippen molar-refractivity contribution in [3.63, 3.8) is 0 Å². The van der Waals surface area contributed by atoms with Gasteiger partial charge in [0.1, 0.15) is 12.4 Å². The summed E-state index contributed by atoms with van der Waals surface area (Å²) < 4.78 is 17.6. The van der Waals surface area contributed by atoms with E-state index in [1.165, 1.54) is 11.1 Å². The molecule has 4 N–H and O–H groups in total. The summed E-state index contributed by atoms with van der Waals surface area (Å²) in [6.45, 7) is 4.22. The topological polar surface area (TPSA) is 128 Å². The minimum absolute atomic E-state index is 0.0109. The van der Waals surface area contributed by atoms with E-state index in [2.05, 4.69) is 42.2 Å². The van der Waals surface area contributed by atoms with Gasteiger partial charge in [-0.25, -0.2) is 0 Å². The van der Waals surface area contributed by atoms with Gasteiger partial charge in [-0.1, -0.05) is 48.7 Å². The zero-order chi connectivity index (χ0) is 29.5. The van der Waals surface area contributed by atoms with Crippen molar-refractivity contribution in [2.45, 2.75) is 76.6 Å². The number of rotatable bonds is 12. The fraction of sp³-hybridized carbons (Fsp3) is 0.455. The van der Waals surface area contributed by atoms with Crippen molar-refractivity contribution in [2.75, 3.05) is 19.8 Å². The average Bonchev–Trinajstić information content (AvgIpc) is 3.42. The predicted molar refractivity (Wildman–Crippen MR) is 157 cm³/mol. The van der Waals surface area contributed by atoms with Crippen molar-refractivity contribution in [2.24, 2.45) is 5.73 Å². The van der Waals surface area contributed by atoms with E-state index in [9.17, 15) is 9.59 Å². The van der Waals surface area contributed by atoms with E-state index in [0.717, 1.165) is 55.4 Å². The smallest absolute Gasteiger partial charge is 0.304 e. The van der Waals surface area contributed by atoms with Crippen molar-refractivity contribution in [3.8, 4) is 17.6 Å². The summed E-state index contributed by atoms with van der Waals surface area (Å²) in [5, 5.41) is 17.3. The van der Waals surface area contributed by atoms with Gasteiger partial charge in [-0.3, -0.25) is 9.59 Å². The summed E-state index contributed by atoms with van der Waals surface area (Å²) in [5.41, 5.74) is 9.71. The van der Waals surface area contributed by atoms with Crippen LogP contribution in [0.5, 0.6) is 5.75 Å². The van der Waals surface area contributed by atoms with E-state index in [-0.39, 0.29) is 18.8 Å². The second-order valence-electron chi connectivity index (χ2n) is 10.1. The molecule has 0 amide bonds. The molecule has 1 aliphatic carbocycles. The molecule has 41 heavy (non-hydrogen) atoms. The molecule has 2 aromatic carbocycles. The number of benzene rings is 2. The van der Waals surface area contributed by atoms with Gasteiger partial charge in [-0.2, -0.15) is 0 Å². The van der Waals surface area contributed by atoms with Crippen LogP contribution in [0.3, 0.4) is 0 Å². The number of nitrogens with two attached hydrogens (primary N) is 1. The van der Waals surface area contributed by atoms with Gasteiger partial charge in [0.15, 0.2) is 5.79 Å². The minimum Gasteiger partial charge on any atom is -0.489 e. The summed E-state index contributed by atoms with van der Waals surface area (Å²) in [7, 11) is 0. The average molecular weight is 564 g/mol. The van der Waals surface area contributed by atoms with Gasteiger partial charge in [0, 0.05) is 19.3 Å². The minimum atomic E-state index is -0.857. The number of carboxylic acids is 2. The summed E-state index contributed by atoms with van der Waals surface area (Å²) in [4.78, 5) is 21.0. The van der Waals surface area contributed by atoms with Crippen LogP contribution >= 0.6 is 0 Å². The number of unbranched alkanes of at least 4 members (excludes halogenated alkanes) is 2. The lowest BCUT2D eigenvalue weighted by molar-refractivity contribution is -0.159. The highest BCUT2D eigenvalue weighted by atomic mass is 16.7. The number of carbonyl (C=O) groups is 2. The largest absolute Gasteiger partial charge is 0.489 e. The highest BCUT2D eigenvalue weighted by molar-refractivity contribution is 5.69. The zero-order valence-electron chi connectivity index (χ0n) is 23.8. The first-order valence-corrected chi connectivity index (χ1v) is 14.2. The molecule has 8 heteroatoms. The van der Waals surface area contributed by atoms with Gasteiger partial charge < -0.3 is 30.2 Å². The highest BCUT2D eigenvalue weighted by Gasteiger charge is 2.37. The molecular formula is C33H41NO7. The lowest BCUT2D eigenvalue weighted by Crippen LogP contribution is -2.31. The van der Waals surface area contributed by atoms with Crippen molar-refractivity contribution < 1.29 is 34.0 Å². The van der Waals surface area contributed by atoms with Crippen molar-refractivity contribution >= 4 is 17.5 Å². The second kappa shape index (κ2) is 16.6. The van der Waals surface area contributed by atoms with E-state index >= 15 is 0 Å². The Morgan fingerprint density at radius 2 is 1.80 bits per heavy atom. The van der Waals surface area contributed by atoms with Gasteiger partial charge in [-0.15, -0.1) is 5.92 Å². The molecule has 1 fully saturated rings. The predicted octanol–water partition coefficient (Wildman–Crippen LogP) is 5.75. The van der Waals surface area contributed by atoms with Crippen molar-refractivity contribution in [3.05, 3.63) is 71.3 Å². The highest BCUT2D eigenvalue weighted by Crippen LogP contribution is 2.38. The molecule has 2 aliphatic rings. The van der Waals surface area contributed by atoms with E-state index < -0.39 is 17.7 Å². The maximum Gasteiger partial charge on any atom is 0.304 e. The van der Waals surface area contributed by atoms with Crippen LogP contribution in [0.1, 0.15) is 80.9 Å². The van der Waals surface area contributed by atoms with Crippen LogP contribution in [-0.4, -0.2) is 47.7 Å². The van der Waals surface area contributed by atoms with Gasteiger partial charge in [0.2, 0.25) is 0 Å². The van der Waals surface area contributed by atoms with E-state index in [4.69, 9.17) is 30.2 Å². The molecule has 1 aliphatic heterocycles. The molecule has 2 aromatic rings. The second-order valence-corrected chi connectivity index (χ2v) is 10.1. The van der Waals surface area contributed by atoms with E-state index in [0.29, 0.717) is 26.4 Å². The van der Waals surface area contributed by atoms with Gasteiger partial charge in [0.05, 0.1) is 25.6 Å². The number of aliphatic carboxylic acids is 2. The first kappa shape index (κ1) is 31.9. The fourth-order valence-corrected chi connectivity index (χ4v) is 4.85. The quantitative estimate of drug-likeness (QED) is 0.220. The Bertz CT molecular complexity index is 1220. The van der Waals surface area contributed by atoms with Crippen LogP contribution in [0, 0.1) is 11.8 Å². The molecule has 1 unspecified atom stereocenters. The molecule has 220 valence electrons. The van der Waals surface area contributed by atoms with E-state index in [1.807, 2.05) is 24.3 Å². The molecule has 0 radical (unpaired) electrons. The van der Waals surface area contributed by atoms with Crippen LogP contribution in [0.4, 0.5) is 0 Å². The number of carboxylic acid groups (broad SMARTS) is 2. The van der Waals surface area contributed by atoms with E-state index in [1.54, 1.807) is 6.92 Å². The molecule has 1 spiro atoms. The SMILES string of the molecule is CC#CC(CC(=O)O)c1ccc(OCc2cccc(C3=CCC4(CC3)OCCO4)c2)cc1.NCCCCCC(=O)O. The number of ether oxygens (including phenoxy) is 3. The number of allylic oxidation sites excluding steroid dienone is 1. The van der Waals surface area contributed by atoms with Crippen LogP contribution in [0.25, 0.3) is 5.57 Å². The van der Waals surface area contributed by atoms with Crippen LogP contribution in [0.15, 0.2) is 54.6 Å². The third-order valence-electron chi connectivity index (χ3n) is 7.03. The molecule has 0 saturated carbocycles. The first-order chi connectivity index (χ1) is 19.8. The molecule has 1 saturated heterocycles. The normalized spacial score (nSPS) is 16.0. The zero-order valence-corrected chi connectivity index (χ0v) is 23.8. The monoisotopic (exact) mass is 563 g/mol. The molecular weight excluding hydrogens is 522 g/mol. The third kappa shape index (κ3) is 10.7. The van der Waals surface area contributed by atoms with Crippen LogP contribution in [-0.2, 0) is 25.7 Å². The maximum absolute atomic E-state index is 11.1. The summed E-state index contributed by atoms with van der Waals surface area (Å²) in [5.74, 6) is 4.24. The lowest BCUT2D eigenvalue weighted by atomic mass is 9.89. The Balaban J connectivity index is 0.000000445.